The highest BCUT2D eigenvalue weighted by atomic mass is 32.2. The van der Waals surface area contributed by atoms with Crippen molar-refractivity contribution in [2.45, 2.75) is 52.0 Å². The van der Waals surface area contributed by atoms with Crippen LogP contribution in [0, 0.1) is 19.8 Å². The van der Waals surface area contributed by atoms with E-state index in [0.717, 1.165) is 24.1 Å². The van der Waals surface area contributed by atoms with Gasteiger partial charge < -0.3 is 5.32 Å². The number of hydrogen-bond acceptors (Lipinski definition) is 3. The van der Waals surface area contributed by atoms with Crippen molar-refractivity contribution < 1.29 is 8.42 Å². The molecular formula is C16H27NO2S. The van der Waals surface area contributed by atoms with E-state index in [1.807, 2.05) is 32.9 Å². The van der Waals surface area contributed by atoms with Crippen molar-refractivity contribution in [3.63, 3.8) is 0 Å². The summed E-state index contributed by atoms with van der Waals surface area (Å²) in [5.74, 6) is 0.509. The molecule has 0 radical (unpaired) electrons. The van der Waals surface area contributed by atoms with Crippen LogP contribution in [-0.2, 0) is 9.84 Å². The minimum Gasteiger partial charge on any atom is -0.313 e. The summed E-state index contributed by atoms with van der Waals surface area (Å²) in [6.07, 6.45) is 0.972. The van der Waals surface area contributed by atoms with Gasteiger partial charge in [-0.1, -0.05) is 39.3 Å². The molecule has 0 bridgehead atoms. The van der Waals surface area contributed by atoms with Crippen LogP contribution in [0.15, 0.2) is 23.1 Å². The van der Waals surface area contributed by atoms with Crippen LogP contribution in [0.25, 0.3) is 0 Å². The van der Waals surface area contributed by atoms with Crippen molar-refractivity contribution in [2.24, 2.45) is 5.92 Å². The van der Waals surface area contributed by atoms with Crippen LogP contribution in [0.5, 0.6) is 0 Å². The summed E-state index contributed by atoms with van der Waals surface area (Å²) in [5.41, 5.74) is 1.81. The average Bonchev–Trinajstić information content (AvgIpc) is 2.39. The van der Waals surface area contributed by atoms with Crippen LogP contribution in [0.2, 0.25) is 0 Å². The molecule has 114 valence electrons. The predicted octanol–water partition coefficient (Wildman–Crippen LogP) is 3.10. The SMILES string of the molecule is CCNC(CS(=O)(=O)c1cc(C)ccc1C)C(C)CC. The van der Waals surface area contributed by atoms with E-state index >= 15 is 0 Å². The van der Waals surface area contributed by atoms with Gasteiger partial charge in [0.2, 0.25) is 0 Å². The Kier molecular flexibility index (Phi) is 6.21. The molecule has 20 heavy (non-hydrogen) atoms. The largest absolute Gasteiger partial charge is 0.313 e. The highest BCUT2D eigenvalue weighted by Crippen LogP contribution is 2.21. The van der Waals surface area contributed by atoms with E-state index in [2.05, 4.69) is 19.2 Å². The summed E-state index contributed by atoms with van der Waals surface area (Å²) in [7, 11) is -3.25. The molecule has 3 nitrogen and oxygen atoms in total. The molecule has 1 aromatic carbocycles. The Morgan fingerprint density at radius 1 is 1.20 bits per heavy atom. The smallest absolute Gasteiger partial charge is 0.180 e. The van der Waals surface area contributed by atoms with Crippen LogP contribution in [0.3, 0.4) is 0 Å². The lowest BCUT2D eigenvalue weighted by Gasteiger charge is -2.24. The molecule has 2 atom stereocenters. The number of rotatable bonds is 7. The molecule has 1 rings (SSSR count). The molecule has 0 saturated carbocycles. The first-order valence-electron chi connectivity index (χ1n) is 7.35. The quantitative estimate of drug-likeness (QED) is 0.841. The molecule has 4 heteroatoms. The van der Waals surface area contributed by atoms with Crippen molar-refractivity contribution >= 4 is 9.84 Å². The zero-order chi connectivity index (χ0) is 15.3. The monoisotopic (exact) mass is 297 g/mol. The third kappa shape index (κ3) is 4.32. The van der Waals surface area contributed by atoms with Gasteiger partial charge in [-0.05, 0) is 43.5 Å². The minimum atomic E-state index is -3.25. The van der Waals surface area contributed by atoms with Gasteiger partial charge in [0.15, 0.2) is 9.84 Å². The zero-order valence-corrected chi connectivity index (χ0v) is 14.0. The van der Waals surface area contributed by atoms with Crippen molar-refractivity contribution in [1.29, 1.82) is 0 Å². The van der Waals surface area contributed by atoms with E-state index < -0.39 is 9.84 Å². The molecule has 1 aromatic rings. The molecule has 0 saturated heterocycles. The molecule has 0 fully saturated rings. The Labute approximate surface area is 123 Å². The summed E-state index contributed by atoms with van der Waals surface area (Å²) < 4.78 is 25.3. The highest BCUT2D eigenvalue weighted by Gasteiger charge is 2.25. The third-order valence-corrected chi connectivity index (χ3v) is 5.78. The van der Waals surface area contributed by atoms with Crippen LogP contribution >= 0.6 is 0 Å². The number of benzene rings is 1. The van der Waals surface area contributed by atoms with E-state index in [1.165, 1.54) is 0 Å². The molecular weight excluding hydrogens is 270 g/mol. The Morgan fingerprint density at radius 2 is 1.85 bits per heavy atom. The third-order valence-electron chi connectivity index (χ3n) is 3.87. The van der Waals surface area contributed by atoms with Crippen LogP contribution in [-0.4, -0.2) is 26.8 Å². The van der Waals surface area contributed by atoms with Gasteiger partial charge in [-0.15, -0.1) is 0 Å². The van der Waals surface area contributed by atoms with E-state index in [1.54, 1.807) is 6.07 Å². The lowest BCUT2D eigenvalue weighted by Crippen LogP contribution is -2.40. The molecule has 0 aliphatic rings. The average molecular weight is 297 g/mol. The second kappa shape index (κ2) is 7.23. The summed E-state index contributed by atoms with van der Waals surface area (Å²) in [5, 5.41) is 3.31. The Bertz CT molecular complexity index is 537. The standard InChI is InChI=1S/C16H27NO2S/c1-6-13(4)15(17-7-2)11-20(18,19)16-10-12(3)8-9-14(16)5/h8-10,13,15,17H,6-7,11H2,1-5H3. The van der Waals surface area contributed by atoms with Crippen molar-refractivity contribution in [3.8, 4) is 0 Å². The highest BCUT2D eigenvalue weighted by molar-refractivity contribution is 7.91. The summed E-state index contributed by atoms with van der Waals surface area (Å²) in [6.45, 7) is 10.8. The maximum absolute atomic E-state index is 12.7. The first-order chi connectivity index (χ1) is 9.31. The number of hydrogen-bond donors (Lipinski definition) is 1. The molecule has 1 N–H and O–H groups in total. The Morgan fingerprint density at radius 3 is 2.40 bits per heavy atom. The normalized spacial score (nSPS) is 15.1. The second-order valence-corrected chi connectivity index (χ2v) is 7.60. The molecule has 0 heterocycles. The fourth-order valence-corrected chi connectivity index (χ4v) is 4.36. The molecule has 0 spiro atoms. The van der Waals surface area contributed by atoms with Gasteiger partial charge in [0.25, 0.3) is 0 Å². The van der Waals surface area contributed by atoms with Gasteiger partial charge in [-0.25, -0.2) is 8.42 Å². The van der Waals surface area contributed by atoms with Gasteiger partial charge in [0.1, 0.15) is 0 Å². The van der Waals surface area contributed by atoms with E-state index in [0.29, 0.717) is 10.8 Å². The van der Waals surface area contributed by atoms with Crippen molar-refractivity contribution in [2.75, 3.05) is 12.3 Å². The fourth-order valence-electron chi connectivity index (χ4n) is 2.34. The first-order valence-corrected chi connectivity index (χ1v) is 9.00. The lowest BCUT2D eigenvalue weighted by molar-refractivity contribution is 0.398. The molecule has 2 unspecified atom stereocenters. The van der Waals surface area contributed by atoms with Gasteiger partial charge in [0, 0.05) is 6.04 Å². The summed E-state index contributed by atoms with van der Waals surface area (Å²) in [4.78, 5) is 0.476. The minimum absolute atomic E-state index is 0.00918. The number of aryl methyl sites for hydroxylation is 2. The molecule has 0 amide bonds. The summed E-state index contributed by atoms with van der Waals surface area (Å²) >= 11 is 0. The maximum atomic E-state index is 12.7. The molecule has 0 aromatic heterocycles. The van der Waals surface area contributed by atoms with E-state index in [-0.39, 0.29) is 11.8 Å². The van der Waals surface area contributed by atoms with Crippen molar-refractivity contribution in [1.82, 2.24) is 5.32 Å². The van der Waals surface area contributed by atoms with Gasteiger partial charge in [-0.2, -0.15) is 0 Å². The fraction of sp³-hybridized carbons (Fsp3) is 0.625. The second-order valence-electron chi connectivity index (χ2n) is 5.60. The van der Waals surface area contributed by atoms with E-state index in [9.17, 15) is 8.42 Å². The van der Waals surface area contributed by atoms with Gasteiger partial charge in [-0.3, -0.25) is 0 Å². The number of sulfone groups is 1. The molecule has 0 aliphatic heterocycles. The predicted molar refractivity (Wildman–Crippen MR) is 84.9 cm³/mol. The van der Waals surface area contributed by atoms with E-state index in [4.69, 9.17) is 0 Å². The maximum Gasteiger partial charge on any atom is 0.180 e. The topological polar surface area (TPSA) is 46.2 Å². The van der Waals surface area contributed by atoms with Crippen LogP contribution < -0.4 is 5.32 Å². The zero-order valence-electron chi connectivity index (χ0n) is 13.2. The first kappa shape index (κ1) is 17.2. The van der Waals surface area contributed by atoms with Gasteiger partial charge in [0.05, 0.1) is 10.6 Å². The molecule has 0 aliphatic carbocycles. The van der Waals surface area contributed by atoms with Crippen LogP contribution in [0.4, 0.5) is 0 Å². The van der Waals surface area contributed by atoms with Crippen LogP contribution in [0.1, 0.15) is 38.3 Å². The van der Waals surface area contributed by atoms with Gasteiger partial charge >= 0.3 is 0 Å². The van der Waals surface area contributed by atoms with Crippen molar-refractivity contribution in [3.05, 3.63) is 29.3 Å². The Hall–Kier alpha value is -0.870. The summed E-state index contributed by atoms with van der Waals surface area (Å²) in [6, 6.07) is 5.62. The lowest BCUT2D eigenvalue weighted by atomic mass is 10.0. The number of nitrogens with one attached hydrogen (secondary N) is 1. The Balaban J connectivity index is 3.06.